The van der Waals surface area contributed by atoms with E-state index in [0.29, 0.717) is 17.0 Å². The number of thiocarbonyl (C=S) groups is 1. The van der Waals surface area contributed by atoms with Crippen LogP contribution in [0.2, 0.25) is 0 Å². The molecule has 4 rings (SSSR count). The first-order valence-electron chi connectivity index (χ1n) is 9.26. The number of anilines is 1. The summed E-state index contributed by atoms with van der Waals surface area (Å²) in [5, 5.41) is 14.6. The standard InChI is InChI=1S/C20H18FN3O5S/c1-3-28-18(25)16-17-14-10-13(24(26)27)8-9-15(14)29-20(16,2)23(19(30)22-17)12-6-4-11(21)5-7-12/h4-10,16-17H,3H2,1-2H3,(H,22,30)/t16-,17+,20-/m0/s1. The van der Waals surface area contributed by atoms with E-state index in [2.05, 4.69) is 5.32 Å². The van der Waals surface area contributed by atoms with E-state index in [-0.39, 0.29) is 17.4 Å². The third kappa shape index (κ3) is 3.04. The first-order valence-corrected chi connectivity index (χ1v) is 9.67. The molecule has 0 spiro atoms. The molecule has 2 heterocycles. The van der Waals surface area contributed by atoms with Gasteiger partial charge in [-0.3, -0.25) is 19.8 Å². The number of hydrogen-bond donors (Lipinski definition) is 1. The van der Waals surface area contributed by atoms with Crippen LogP contribution in [-0.2, 0) is 9.53 Å². The Morgan fingerprint density at radius 1 is 1.37 bits per heavy atom. The number of nitro benzene ring substituents is 1. The highest BCUT2D eigenvalue weighted by Gasteiger charge is 2.60. The zero-order chi connectivity index (χ0) is 21.6. The van der Waals surface area contributed by atoms with Gasteiger partial charge in [0, 0.05) is 23.4 Å². The van der Waals surface area contributed by atoms with Gasteiger partial charge in [0.15, 0.2) is 5.11 Å². The maximum atomic E-state index is 13.5. The van der Waals surface area contributed by atoms with Crippen molar-refractivity contribution >= 4 is 34.7 Å². The number of benzene rings is 2. The van der Waals surface area contributed by atoms with E-state index < -0.39 is 34.4 Å². The van der Waals surface area contributed by atoms with Crippen molar-refractivity contribution in [2.24, 2.45) is 5.92 Å². The molecule has 0 aromatic heterocycles. The van der Waals surface area contributed by atoms with Gasteiger partial charge in [0.1, 0.15) is 17.5 Å². The molecule has 0 amide bonds. The normalized spacial score (nSPS) is 24.4. The van der Waals surface area contributed by atoms with Crippen molar-refractivity contribution in [1.82, 2.24) is 5.32 Å². The SMILES string of the molecule is CCOC(=O)[C@@H]1[C@@H]2NC(=S)N(c3ccc(F)cc3)[C@@]1(C)Oc1ccc([N+](=O)[O-])cc12. The van der Waals surface area contributed by atoms with E-state index in [1.807, 2.05) is 0 Å². The molecule has 30 heavy (non-hydrogen) atoms. The van der Waals surface area contributed by atoms with Crippen molar-refractivity contribution in [3.8, 4) is 5.75 Å². The van der Waals surface area contributed by atoms with Crippen LogP contribution in [0.4, 0.5) is 15.8 Å². The lowest BCUT2D eigenvalue weighted by molar-refractivity contribution is -0.385. The fourth-order valence-electron chi connectivity index (χ4n) is 4.06. The van der Waals surface area contributed by atoms with Gasteiger partial charge in [-0.05, 0) is 56.4 Å². The molecule has 1 saturated heterocycles. The van der Waals surface area contributed by atoms with Crippen LogP contribution >= 0.6 is 12.2 Å². The van der Waals surface area contributed by atoms with Gasteiger partial charge in [0.05, 0.1) is 17.6 Å². The van der Waals surface area contributed by atoms with Crippen molar-refractivity contribution in [3.63, 3.8) is 0 Å². The van der Waals surface area contributed by atoms with Crippen LogP contribution < -0.4 is 15.0 Å². The molecule has 0 radical (unpaired) electrons. The number of esters is 1. The van der Waals surface area contributed by atoms with Crippen LogP contribution in [0.5, 0.6) is 5.75 Å². The van der Waals surface area contributed by atoms with Crippen molar-refractivity contribution in [1.29, 1.82) is 0 Å². The van der Waals surface area contributed by atoms with Gasteiger partial charge in [-0.2, -0.15) is 0 Å². The van der Waals surface area contributed by atoms with Gasteiger partial charge in [-0.15, -0.1) is 0 Å². The summed E-state index contributed by atoms with van der Waals surface area (Å²) >= 11 is 5.54. The second-order valence-electron chi connectivity index (χ2n) is 7.10. The van der Waals surface area contributed by atoms with Gasteiger partial charge < -0.3 is 14.8 Å². The van der Waals surface area contributed by atoms with E-state index in [4.69, 9.17) is 21.7 Å². The number of nitrogens with one attached hydrogen (secondary N) is 1. The summed E-state index contributed by atoms with van der Waals surface area (Å²) < 4.78 is 25.0. The van der Waals surface area contributed by atoms with Gasteiger partial charge in [-0.25, -0.2) is 4.39 Å². The zero-order valence-electron chi connectivity index (χ0n) is 16.1. The lowest BCUT2D eigenvalue weighted by Gasteiger charge is -2.55. The highest BCUT2D eigenvalue weighted by atomic mass is 32.1. The molecule has 2 aromatic carbocycles. The van der Waals surface area contributed by atoms with Crippen LogP contribution in [0.15, 0.2) is 42.5 Å². The van der Waals surface area contributed by atoms with E-state index in [1.54, 1.807) is 18.7 Å². The Balaban J connectivity index is 1.89. The fraction of sp³-hybridized carbons (Fsp3) is 0.300. The summed E-state index contributed by atoms with van der Waals surface area (Å²) in [5.41, 5.74) is -0.465. The molecule has 0 unspecified atom stereocenters. The van der Waals surface area contributed by atoms with Gasteiger partial charge in [0.25, 0.3) is 5.69 Å². The number of fused-ring (bicyclic) bond motifs is 4. The Morgan fingerprint density at radius 3 is 2.70 bits per heavy atom. The average Bonchev–Trinajstić information content (AvgIpc) is 2.68. The van der Waals surface area contributed by atoms with Crippen molar-refractivity contribution < 1.29 is 23.6 Å². The van der Waals surface area contributed by atoms with Crippen molar-refractivity contribution in [2.45, 2.75) is 25.6 Å². The molecule has 8 nitrogen and oxygen atoms in total. The summed E-state index contributed by atoms with van der Waals surface area (Å²) in [6.07, 6.45) is 0. The second-order valence-corrected chi connectivity index (χ2v) is 7.49. The molecule has 0 aliphatic carbocycles. The maximum absolute atomic E-state index is 13.5. The molecule has 156 valence electrons. The van der Waals surface area contributed by atoms with Crippen LogP contribution in [0.25, 0.3) is 0 Å². The number of non-ortho nitro benzene ring substituents is 1. The summed E-state index contributed by atoms with van der Waals surface area (Å²) in [6, 6.07) is 9.15. The molecule has 10 heteroatoms. The fourth-order valence-corrected chi connectivity index (χ4v) is 4.47. The highest BCUT2D eigenvalue weighted by molar-refractivity contribution is 7.80. The molecular weight excluding hydrogens is 413 g/mol. The third-order valence-electron chi connectivity index (χ3n) is 5.32. The van der Waals surface area contributed by atoms with E-state index in [9.17, 15) is 19.3 Å². The first kappa shape index (κ1) is 20.0. The molecule has 0 saturated carbocycles. The van der Waals surface area contributed by atoms with Crippen LogP contribution in [0.1, 0.15) is 25.5 Å². The summed E-state index contributed by atoms with van der Waals surface area (Å²) in [4.78, 5) is 25.3. The Kier molecular flexibility index (Phi) is 4.81. The number of nitrogens with zero attached hydrogens (tertiary/aromatic N) is 2. The number of rotatable bonds is 4. The van der Waals surface area contributed by atoms with Crippen LogP contribution in [-0.4, -0.2) is 28.3 Å². The highest BCUT2D eigenvalue weighted by Crippen LogP contribution is 2.50. The predicted molar refractivity (Wildman–Crippen MR) is 110 cm³/mol. The lowest BCUT2D eigenvalue weighted by Crippen LogP contribution is -2.71. The molecule has 2 aliphatic heterocycles. The van der Waals surface area contributed by atoms with Crippen LogP contribution in [0, 0.1) is 21.8 Å². The molecule has 1 fully saturated rings. The molecule has 2 aliphatic rings. The van der Waals surface area contributed by atoms with E-state index in [1.165, 1.54) is 42.5 Å². The first-order chi connectivity index (χ1) is 14.3. The predicted octanol–water partition coefficient (Wildman–Crippen LogP) is 3.46. The largest absolute Gasteiger partial charge is 0.466 e. The van der Waals surface area contributed by atoms with Gasteiger partial charge in [0.2, 0.25) is 5.72 Å². The topological polar surface area (TPSA) is 93.9 Å². The molecule has 2 aromatic rings. The van der Waals surface area contributed by atoms with Crippen LogP contribution in [0.3, 0.4) is 0 Å². The van der Waals surface area contributed by atoms with Gasteiger partial charge >= 0.3 is 5.97 Å². The Morgan fingerprint density at radius 2 is 2.07 bits per heavy atom. The van der Waals surface area contributed by atoms with E-state index >= 15 is 0 Å². The van der Waals surface area contributed by atoms with Gasteiger partial charge in [-0.1, -0.05) is 0 Å². The summed E-state index contributed by atoms with van der Waals surface area (Å²) in [5.74, 6) is -1.47. The molecule has 1 N–H and O–H groups in total. The Labute approximate surface area is 176 Å². The number of carbonyl (C=O) groups is 1. The minimum Gasteiger partial charge on any atom is -0.466 e. The minimum atomic E-state index is -1.31. The smallest absolute Gasteiger partial charge is 0.317 e. The molecule has 2 bridgehead atoms. The lowest BCUT2D eigenvalue weighted by atomic mass is 9.79. The maximum Gasteiger partial charge on any atom is 0.317 e. The summed E-state index contributed by atoms with van der Waals surface area (Å²) in [7, 11) is 0. The number of hydrogen-bond acceptors (Lipinski definition) is 6. The van der Waals surface area contributed by atoms with E-state index in [0.717, 1.165) is 0 Å². The average molecular weight is 431 g/mol. The number of carbonyl (C=O) groups excluding carboxylic acids is 1. The molecular formula is C20H18FN3O5S. The third-order valence-corrected chi connectivity index (χ3v) is 5.62. The number of halogens is 1. The van der Waals surface area contributed by atoms with Crippen molar-refractivity contribution in [3.05, 3.63) is 64.0 Å². The van der Waals surface area contributed by atoms with Crippen molar-refractivity contribution in [2.75, 3.05) is 11.5 Å². The monoisotopic (exact) mass is 431 g/mol. The minimum absolute atomic E-state index is 0.128. The Hall–Kier alpha value is -3.27. The summed E-state index contributed by atoms with van der Waals surface area (Å²) in [6.45, 7) is 3.54. The quantitative estimate of drug-likeness (QED) is 0.341. The number of nitro groups is 1. The second kappa shape index (κ2) is 7.21. The zero-order valence-corrected chi connectivity index (χ0v) is 16.9. The number of ether oxygens (including phenoxy) is 2. The molecule has 3 atom stereocenters. The Bertz CT molecular complexity index is 1050.